The Kier molecular flexibility index (Phi) is 4.99. The Morgan fingerprint density at radius 3 is 2.81 bits per heavy atom. The summed E-state index contributed by atoms with van der Waals surface area (Å²) in [7, 11) is 0. The maximum atomic E-state index is 12.9. The van der Waals surface area contributed by atoms with Gasteiger partial charge in [0.25, 0.3) is 5.91 Å². The highest BCUT2D eigenvalue weighted by molar-refractivity contribution is 5.80. The number of hydrogen-bond acceptors (Lipinski definition) is 5. The van der Waals surface area contributed by atoms with Crippen LogP contribution >= 0.6 is 0 Å². The number of likely N-dealkylation sites (tertiary alicyclic amines) is 1. The number of rotatable bonds is 5. The molecule has 158 valence electrons. The number of amides is 1. The molecule has 0 aliphatic carbocycles. The van der Waals surface area contributed by atoms with E-state index in [1.54, 1.807) is 0 Å². The molecule has 2 aromatic heterocycles. The molecule has 1 aliphatic heterocycles. The Morgan fingerprint density at radius 1 is 1.10 bits per heavy atom. The van der Waals surface area contributed by atoms with E-state index in [9.17, 15) is 9.59 Å². The average molecular weight is 418 g/mol. The summed E-state index contributed by atoms with van der Waals surface area (Å²) in [4.78, 5) is 36.3. The van der Waals surface area contributed by atoms with Gasteiger partial charge in [0.05, 0.1) is 17.1 Å². The summed E-state index contributed by atoms with van der Waals surface area (Å²) >= 11 is 0. The van der Waals surface area contributed by atoms with Gasteiger partial charge in [0.1, 0.15) is 11.6 Å². The van der Waals surface area contributed by atoms with E-state index < -0.39 is 0 Å². The highest BCUT2D eigenvalue weighted by Gasteiger charge is 2.30. The molecule has 1 aliphatic rings. The molecule has 2 aromatic carbocycles. The second kappa shape index (κ2) is 8.10. The molecule has 9 heteroatoms. The van der Waals surface area contributed by atoms with Gasteiger partial charge in [-0.3, -0.25) is 9.89 Å². The maximum Gasteiger partial charge on any atom is 0.323 e. The number of ether oxygens (including phenoxy) is 1. The Morgan fingerprint density at radius 2 is 1.94 bits per heavy atom. The molecule has 0 saturated carbocycles. The fraction of sp³-hybridized carbons (Fsp3) is 0.273. The lowest BCUT2D eigenvalue weighted by Gasteiger charge is -2.34. The molecule has 31 heavy (non-hydrogen) atoms. The normalized spacial score (nSPS) is 16.5. The van der Waals surface area contributed by atoms with Crippen molar-refractivity contribution >= 4 is 16.9 Å². The molecule has 1 saturated heterocycles. The number of imidazole rings is 1. The molecule has 0 bridgehead atoms. The van der Waals surface area contributed by atoms with Crippen LogP contribution in [0.2, 0.25) is 0 Å². The van der Waals surface area contributed by atoms with E-state index in [-0.39, 0.29) is 24.2 Å². The van der Waals surface area contributed by atoms with Crippen molar-refractivity contribution in [2.24, 2.45) is 0 Å². The van der Waals surface area contributed by atoms with E-state index in [0.717, 1.165) is 30.3 Å². The number of aromatic nitrogens is 5. The van der Waals surface area contributed by atoms with E-state index in [1.807, 2.05) is 53.4 Å². The Hall–Kier alpha value is -3.88. The topological polar surface area (TPSA) is 120 Å². The van der Waals surface area contributed by atoms with Crippen LogP contribution in [-0.2, 0) is 4.79 Å². The molecule has 0 radical (unpaired) electrons. The van der Waals surface area contributed by atoms with Gasteiger partial charge in [-0.1, -0.05) is 18.2 Å². The zero-order valence-corrected chi connectivity index (χ0v) is 16.8. The van der Waals surface area contributed by atoms with Crippen LogP contribution in [0.25, 0.3) is 22.4 Å². The number of nitrogens with one attached hydrogen (secondary N) is 3. The zero-order valence-electron chi connectivity index (χ0n) is 16.8. The SMILES string of the molecule is O=C(COc1ccccc1)N1CCCCC1c1nc(-c2ccc3[nH]c(=O)[nH]c3c2)n[nH]1. The molecule has 1 unspecified atom stereocenters. The van der Waals surface area contributed by atoms with E-state index in [2.05, 4.69) is 25.1 Å². The number of carbonyl (C=O) groups excluding carboxylic acids is 1. The second-order valence-electron chi connectivity index (χ2n) is 7.58. The summed E-state index contributed by atoms with van der Waals surface area (Å²) in [5, 5.41) is 7.37. The number of carbonyl (C=O) groups is 1. The molecule has 1 atom stereocenters. The van der Waals surface area contributed by atoms with Crippen LogP contribution in [0.3, 0.4) is 0 Å². The van der Waals surface area contributed by atoms with Crippen molar-refractivity contribution in [2.75, 3.05) is 13.2 Å². The van der Waals surface area contributed by atoms with Crippen LogP contribution in [0.4, 0.5) is 0 Å². The first-order valence-electron chi connectivity index (χ1n) is 10.3. The first kappa shape index (κ1) is 19.1. The first-order valence-corrected chi connectivity index (χ1v) is 10.3. The number of H-pyrrole nitrogens is 3. The van der Waals surface area contributed by atoms with Crippen LogP contribution in [0, 0.1) is 0 Å². The lowest BCUT2D eigenvalue weighted by Crippen LogP contribution is -2.41. The molecule has 3 heterocycles. The molecule has 0 spiro atoms. The number of piperidine rings is 1. The standard InChI is InChI=1S/C22H22N6O3/c29-19(13-31-15-6-2-1-3-7-15)28-11-5-4-8-18(28)21-25-20(26-27-21)14-9-10-16-17(12-14)24-22(30)23-16/h1-3,6-7,9-10,12,18H,4-5,8,11,13H2,(H2,23,24,30)(H,25,26,27). The van der Waals surface area contributed by atoms with Crippen molar-refractivity contribution in [1.29, 1.82) is 0 Å². The van der Waals surface area contributed by atoms with E-state index in [1.165, 1.54) is 0 Å². The summed E-state index contributed by atoms with van der Waals surface area (Å²) in [6.45, 7) is 0.646. The van der Waals surface area contributed by atoms with Crippen LogP contribution in [0.1, 0.15) is 31.1 Å². The van der Waals surface area contributed by atoms with Gasteiger partial charge >= 0.3 is 5.69 Å². The highest BCUT2D eigenvalue weighted by Crippen LogP contribution is 2.30. The van der Waals surface area contributed by atoms with Gasteiger partial charge in [0, 0.05) is 12.1 Å². The van der Waals surface area contributed by atoms with Crippen molar-refractivity contribution in [3.8, 4) is 17.1 Å². The van der Waals surface area contributed by atoms with Gasteiger partial charge in [0.15, 0.2) is 12.4 Å². The summed E-state index contributed by atoms with van der Waals surface area (Å²) in [6.07, 6.45) is 2.78. The van der Waals surface area contributed by atoms with E-state index in [4.69, 9.17) is 4.74 Å². The number of para-hydroxylation sites is 1. The molecular weight excluding hydrogens is 396 g/mol. The Balaban J connectivity index is 1.34. The largest absolute Gasteiger partial charge is 0.484 e. The number of hydrogen-bond donors (Lipinski definition) is 3. The van der Waals surface area contributed by atoms with Crippen molar-refractivity contribution < 1.29 is 9.53 Å². The van der Waals surface area contributed by atoms with Gasteiger partial charge in [-0.2, -0.15) is 5.10 Å². The quantitative estimate of drug-likeness (QED) is 0.460. The molecule has 1 amide bonds. The van der Waals surface area contributed by atoms with Gasteiger partial charge in [-0.05, 0) is 49.6 Å². The van der Waals surface area contributed by atoms with Crippen LogP contribution in [-0.4, -0.2) is 49.1 Å². The minimum atomic E-state index is -0.253. The third-order valence-corrected chi connectivity index (χ3v) is 5.52. The number of nitrogens with zero attached hydrogens (tertiary/aromatic N) is 3. The fourth-order valence-electron chi connectivity index (χ4n) is 3.98. The number of fused-ring (bicyclic) bond motifs is 1. The maximum absolute atomic E-state index is 12.9. The number of benzene rings is 2. The van der Waals surface area contributed by atoms with Crippen LogP contribution in [0.15, 0.2) is 53.3 Å². The zero-order chi connectivity index (χ0) is 21.2. The molecule has 3 N–H and O–H groups in total. The van der Waals surface area contributed by atoms with Crippen molar-refractivity contribution in [1.82, 2.24) is 30.0 Å². The summed E-state index contributed by atoms with van der Waals surface area (Å²) in [5.74, 6) is 1.78. The Bertz CT molecular complexity index is 1260. The summed E-state index contributed by atoms with van der Waals surface area (Å²) in [6, 6.07) is 14.7. The summed E-state index contributed by atoms with van der Waals surface area (Å²) in [5.41, 5.74) is 1.96. The van der Waals surface area contributed by atoms with Gasteiger partial charge in [-0.15, -0.1) is 0 Å². The highest BCUT2D eigenvalue weighted by atomic mass is 16.5. The monoisotopic (exact) mass is 418 g/mol. The third kappa shape index (κ3) is 3.94. The van der Waals surface area contributed by atoms with E-state index in [0.29, 0.717) is 29.5 Å². The average Bonchev–Trinajstić information content (AvgIpc) is 3.43. The molecule has 5 rings (SSSR count). The second-order valence-corrected chi connectivity index (χ2v) is 7.58. The lowest BCUT2D eigenvalue weighted by atomic mass is 10.0. The van der Waals surface area contributed by atoms with Crippen molar-refractivity contribution in [3.63, 3.8) is 0 Å². The Labute approximate surface area is 177 Å². The van der Waals surface area contributed by atoms with E-state index >= 15 is 0 Å². The first-order chi connectivity index (χ1) is 15.2. The minimum absolute atomic E-state index is 0.0149. The smallest absolute Gasteiger partial charge is 0.323 e. The predicted molar refractivity (Wildman–Crippen MR) is 115 cm³/mol. The van der Waals surface area contributed by atoms with Gasteiger partial charge in [-0.25, -0.2) is 9.78 Å². The number of aromatic amines is 3. The molecule has 9 nitrogen and oxygen atoms in total. The van der Waals surface area contributed by atoms with Crippen LogP contribution in [0.5, 0.6) is 5.75 Å². The van der Waals surface area contributed by atoms with Gasteiger partial charge in [0.2, 0.25) is 0 Å². The molecular formula is C22H22N6O3. The minimum Gasteiger partial charge on any atom is -0.484 e. The van der Waals surface area contributed by atoms with Crippen molar-refractivity contribution in [3.05, 3.63) is 64.8 Å². The van der Waals surface area contributed by atoms with Crippen molar-refractivity contribution in [2.45, 2.75) is 25.3 Å². The molecule has 4 aromatic rings. The predicted octanol–water partition coefficient (Wildman–Crippen LogP) is 2.77. The third-order valence-electron chi connectivity index (χ3n) is 5.52. The fourth-order valence-corrected chi connectivity index (χ4v) is 3.98. The molecule has 1 fully saturated rings. The van der Waals surface area contributed by atoms with Crippen LogP contribution < -0.4 is 10.4 Å². The lowest BCUT2D eigenvalue weighted by molar-refractivity contribution is -0.137. The summed E-state index contributed by atoms with van der Waals surface area (Å²) < 4.78 is 5.65. The van der Waals surface area contributed by atoms with Gasteiger partial charge < -0.3 is 19.6 Å².